The number of carbonyl (C=O) groups excluding carboxylic acids is 2. The summed E-state index contributed by atoms with van der Waals surface area (Å²) in [5, 5.41) is 16.3. The number of ether oxygens (including phenoxy) is 2. The molecule has 2 aliphatic carbocycles. The average molecular weight is 1160 g/mol. The van der Waals surface area contributed by atoms with Crippen LogP contribution in [0.15, 0.2) is 135 Å². The molecule has 0 amide bonds. The number of ketones is 2. The smallest absolute Gasteiger partial charge is 0.744 e. The molecule has 0 fully saturated rings. The van der Waals surface area contributed by atoms with Crippen LogP contribution in [0.3, 0.4) is 0 Å². The van der Waals surface area contributed by atoms with Crippen LogP contribution in [0.2, 0.25) is 0 Å². The molecule has 376 valence electrons. The Kier molecular flexibility index (Phi) is 22.1. The number of allylic oxidation sites excluding steroid dienone is 2. The Balaban J connectivity index is 0.00000320. The van der Waals surface area contributed by atoms with E-state index in [2.05, 4.69) is 52.0 Å². The summed E-state index contributed by atoms with van der Waals surface area (Å²) in [5.41, 5.74) is 1.54. The van der Waals surface area contributed by atoms with Crippen molar-refractivity contribution in [1.29, 1.82) is 0 Å². The monoisotopic (exact) mass is 1160 g/mol. The zero-order valence-electron chi connectivity index (χ0n) is 40.9. The molecule has 77 heavy (non-hydrogen) atoms. The molecule has 2 aliphatic rings. The van der Waals surface area contributed by atoms with E-state index in [1.165, 1.54) is 38.5 Å². The van der Waals surface area contributed by atoms with Crippen LogP contribution in [0.1, 0.15) is 31.8 Å². The van der Waals surface area contributed by atoms with E-state index in [9.17, 15) is 61.5 Å². The summed E-state index contributed by atoms with van der Waals surface area (Å²) in [4.78, 5) is 36.9. The second-order valence-corrected chi connectivity index (χ2v) is 20.4. The summed E-state index contributed by atoms with van der Waals surface area (Å²) in [6.07, 6.45) is 1.31. The first-order chi connectivity index (χ1) is 34.4. The molecule has 0 bridgehead atoms. The molecule has 0 spiro atoms. The number of Topliss-reactive ketones (excluding diaryl/α,β-unsaturated/α-hetero) is 2. The van der Waals surface area contributed by atoms with E-state index in [0.29, 0.717) is 17.8 Å². The van der Waals surface area contributed by atoms with Gasteiger partial charge in [-0.15, -0.1) is 0 Å². The van der Waals surface area contributed by atoms with E-state index in [-0.39, 0.29) is 181 Å². The molecule has 6 aromatic rings. The third-order valence-corrected chi connectivity index (χ3v) is 13.8. The van der Waals surface area contributed by atoms with Gasteiger partial charge in [-0.2, -0.15) is 25.2 Å². The van der Waals surface area contributed by atoms with Gasteiger partial charge in [0.1, 0.15) is 63.4 Å². The molecule has 0 unspecified atom stereocenters. The third kappa shape index (κ3) is 15.5. The van der Waals surface area contributed by atoms with Crippen molar-refractivity contribution < 1.29 is 189 Å². The largest absolute Gasteiger partial charge is 1.00 e. The number of benzene rings is 5. The quantitative estimate of drug-likeness (QED) is 0.0341. The molecule has 0 saturated heterocycles. The van der Waals surface area contributed by atoms with Crippen LogP contribution in [-0.4, -0.2) is 104 Å². The van der Waals surface area contributed by atoms with Crippen LogP contribution in [0.5, 0.6) is 11.5 Å². The number of para-hydroxylation sites is 1. The first kappa shape index (κ1) is 65.0. The minimum atomic E-state index is -5.37. The third-order valence-electron chi connectivity index (χ3n) is 10.3. The Morgan fingerprint density at radius 3 is 1.14 bits per heavy atom. The van der Waals surface area contributed by atoms with Crippen molar-refractivity contribution in [1.82, 2.24) is 15.0 Å². The number of hydrazone groups is 2. The van der Waals surface area contributed by atoms with Crippen molar-refractivity contribution in [2.45, 2.75) is 9.79 Å². The Labute approximate surface area is 527 Å². The van der Waals surface area contributed by atoms with E-state index in [1.807, 2.05) is 0 Å². The van der Waals surface area contributed by atoms with Gasteiger partial charge in [-0.25, -0.2) is 33.7 Å². The van der Waals surface area contributed by atoms with Gasteiger partial charge in [-0.1, -0.05) is 18.2 Å². The van der Waals surface area contributed by atoms with Gasteiger partial charge in [0.25, 0.3) is 0 Å². The molecular weight excluding hydrogens is 1130 g/mol. The van der Waals surface area contributed by atoms with Crippen molar-refractivity contribution in [2.24, 2.45) is 10.2 Å². The number of hydrogen-bond donors (Lipinski definition) is 5. The molecule has 5 N–H and O–H groups in total. The van der Waals surface area contributed by atoms with Crippen molar-refractivity contribution in [3.05, 3.63) is 138 Å². The number of methoxy groups -OCH3 is 2. The van der Waals surface area contributed by atoms with Crippen molar-refractivity contribution >= 4 is 120 Å². The average Bonchev–Trinajstić information content (AvgIpc) is 3.32. The van der Waals surface area contributed by atoms with Crippen LogP contribution in [-0.2, 0) is 40.5 Å². The summed E-state index contributed by atoms with van der Waals surface area (Å²) >= 11 is 0. The fourth-order valence-electron chi connectivity index (χ4n) is 6.99. The number of aromatic nitrogens is 3. The predicted molar refractivity (Wildman–Crippen MR) is 257 cm³/mol. The zero-order chi connectivity index (χ0) is 52.6. The molecule has 5 aromatic carbocycles. The minimum absolute atomic E-state index is 0. The first-order valence-electron chi connectivity index (χ1n) is 20.2. The van der Waals surface area contributed by atoms with Crippen LogP contribution in [0.4, 0.5) is 46.3 Å². The number of rotatable bonds is 16. The molecule has 0 atom stereocenters. The summed E-state index contributed by atoms with van der Waals surface area (Å²) in [6, 6.07) is 22.2. The maximum atomic E-state index is 13.6. The summed E-state index contributed by atoms with van der Waals surface area (Å²) in [5.74, 6) is -2.46. The maximum absolute atomic E-state index is 13.6. The molecule has 0 aliphatic heterocycles. The van der Waals surface area contributed by atoms with Crippen molar-refractivity contribution in [3.8, 4) is 11.5 Å². The van der Waals surface area contributed by atoms with Gasteiger partial charge in [0, 0.05) is 39.3 Å². The van der Waals surface area contributed by atoms with E-state index in [4.69, 9.17) is 9.47 Å². The van der Waals surface area contributed by atoms with Gasteiger partial charge in [-0.05, 0) is 97.1 Å². The van der Waals surface area contributed by atoms with Crippen molar-refractivity contribution in [3.63, 3.8) is 0 Å². The van der Waals surface area contributed by atoms with Crippen LogP contribution in [0.25, 0.3) is 9.81 Å². The van der Waals surface area contributed by atoms with Crippen molar-refractivity contribution in [2.75, 3.05) is 41.0 Å². The Bertz CT molecular complexity index is 3700. The maximum Gasteiger partial charge on any atom is 1.00 e. The molecule has 26 nitrogen and oxygen atoms in total. The first-order valence-corrected chi connectivity index (χ1v) is 25.8. The topological polar surface area (TPSA) is 405 Å². The Morgan fingerprint density at radius 1 is 0.442 bits per heavy atom. The van der Waals surface area contributed by atoms with Gasteiger partial charge in [0.2, 0.25) is 29.4 Å². The summed E-state index contributed by atoms with van der Waals surface area (Å²) < 4.78 is 158. The second-order valence-electron chi connectivity index (χ2n) is 15.0. The molecule has 8 rings (SSSR count). The standard InChI is InChI=1S/C43H34N10O16S4.4Na/c1-68-25-10-14-31(37(18-25)72(62,63)64)50-52-33-20-35(70(56,57)58)29-16-23(8-12-27(29)39(33)54)45-42-47-41(44-22-6-4-3-5-7-22)48-43(49-42)46-24-9-13-28-30(17-24)36(71(59,60)61)21-34(40(28)55)53-51-32-15-11-26(69-2)19-38(32)73(65,66)67;;;;/h3-21,50-51H,1-2H3,(H,56,57,58)(H,59,60,61)(H,62,63,64)(H,65,66,67)(H3,44,45,46,47,48,49);;;;/q;4*+1/p-4/b52-33-,53-34+;;;;. The minimum Gasteiger partial charge on any atom is -0.744 e. The van der Waals surface area contributed by atoms with Gasteiger partial charge < -0.3 is 43.6 Å². The van der Waals surface area contributed by atoms with Gasteiger partial charge in [0.15, 0.2) is 0 Å². The van der Waals surface area contributed by atoms with Gasteiger partial charge in [-0.3, -0.25) is 20.4 Å². The summed E-state index contributed by atoms with van der Waals surface area (Å²) in [6.45, 7) is 0. The number of fused-ring (bicyclic) bond motifs is 2. The molecule has 0 radical (unpaired) electrons. The fourth-order valence-corrected chi connectivity index (χ4v) is 9.66. The fraction of sp³-hybridized carbons (Fsp3) is 0.0465. The number of nitrogens with zero attached hydrogens (tertiary/aromatic N) is 5. The zero-order valence-corrected chi connectivity index (χ0v) is 52.1. The Morgan fingerprint density at radius 2 is 0.805 bits per heavy atom. The number of carbonyl (C=O) groups is 2. The van der Waals surface area contributed by atoms with E-state index in [1.54, 1.807) is 30.3 Å². The number of hydrogen-bond acceptors (Lipinski definition) is 26. The van der Waals surface area contributed by atoms with Crippen LogP contribution in [0, 0.1) is 0 Å². The predicted octanol–water partition coefficient (Wildman–Crippen LogP) is -7.96. The number of anilines is 8. The number of nitrogens with one attached hydrogen (secondary N) is 5. The second kappa shape index (κ2) is 26.2. The Hall–Kier alpha value is -4.49. The van der Waals surface area contributed by atoms with Gasteiger partial charge in [0.05, 0.1) is 45.2 Å². The normalized spacial score (nSPS) is 14.1. The van der Waals surface area contributed by atoms with Gasteiger partial charge >= 0.3 is 118 Å². The van der Waals surface area contributed by atoms with E-state index < -0.39 is 94.4 Å². The molecule has 0 saturated carbocycles. The molecular formula is C43H30N10Na4O16S4. The van der Waals surface area contributed by atoms with E-state index >= 15 is 0 Å². The molecule has 1 heterocycles. The molecule has 34 heteroatoms. The molecule has 1 aromatic heterocycles. The van der Waals surface area contributed by atoms with Crippen LogP contribution >= 0.6 is 0 Å². The summed E-state index contributed by atoms with van der Waals surface area (Å²) in [7, 11) is -18.5. The van der Waals surface area contributed by atoms with Crippen LogP contribution < -0.4 is 155 Å². The van der Waals surface area contributed by atoms with E-state index in [0.717, 1.165) is 48.5 Å². The SMILES string of the molecule is COc1ccc(N/N=C2/C=C(S(=O)(=O)[O-])c3cc(Nc4nc(Nc5ccccc5)nc(Nc5ccc6c(c5)C(S(=O)(=O)[O-])=C/C(=N\Nc5ccc(OC)cc5S(=O)(=O)[O-])C6=O)n4)ccc3C2=O)c(S(=O)(=O)[O-])c1.[Na+].[Na+].[Na+].[Na+].